The number of aryl methyl sites for hydroxylation is 2. The largest absolute Gasteiger partial charge is 0.295 e. The Hall–Kier alpha value is -2.85. The molecule has 7 nitrogen and oxygen atoms in total. The SMILES string of the molecule is Cc1ccc(C)c(C(=O)c2ccc(-c3ccc(S(=O)(=O)O)cc3)c(S(=O)(=O)O)c2)c1. The quantitative estimate of drug-likeness (QED) is 0.452. The van der Waals surface area contributed by atoms with E-state index < -0.39 is 30.9 Å². The van der Waals surface area contributed by atoms with Crippen molar-refractivity contribution in [3.8, 4) is 11.1 Å². The zero-order chi connectivity index (χ0) is 22.3. The molecule has 0 radical (unpaired) electrons. The Morgan fingerprint density at radius 1 is 0.767 bits per heavy atom. The van der Waals surface area contributed by atoms with Crippen molar-refractivity contribution < 1.29 is 30.7 Å². The molecule has 0 aliphatic carbocycles. The van der Waals surface area contributed by atoms with Crippen LogP contribution in [-0.2, 0) is 20.2 Å². The van der Waals surface area contributed by atoms with E-state index in [0.717, 1.165) is 29.3 Å². The number of carbonyl (C=O) groups is 1. The minimum Gasteiger partial charge on any atom is -0.289 e. The van der Waals surface area contributed by atoms with Gasteiger partial charge in [0.05, 0.1) is 4.90 Å². The molecule has 0 aliphatic heterocycles. The first-order valence-electron chi connectivity index (χ1n) is 8.69. The summed E-state index contributed by atoms with van der Waals surface area (Å²) in [6, 6.07) is 14.0. The molecule has 3 rings (SSSR count). The summed E-state index contributed by atoms with van der Waals surface area (Å²) in [5, 5.41) is 0. The summed E-state index contributed by atoms with van der Waals surface area (Å²) in [6.45, 7) is 3.60. The van der Waals surface area contributed by atoms with Crippen LogP contribution >= 0.6 is 0 Å². The number of carbonyl (C=O) groups excluding carboxylic acids is 1. The number of rotatable bonds is 5. The average molecular weight is 447 g/mol. The van der Waals surface area contributed by atoms with Gasteiger partial charge in [-0.3, -0.25) is 13.9 Å². The molecule has 2 N–H and O–H groups in total. The standard InChI is InChI=1S/C21H18O7S2/c1-13-3-4-14(2)19(11-13)21(22)16-7-10-18(20(12-16)30(26,27)28)15-5-8-17(9-6-15)29(23,24)25/h3-12H,1-2H3,(H,23,24,25)(H,26,27,28). The van der Waals surface area contributed by atoms with Crippen LogP contribution in [0.4, 0.5) is 0 Å². The Labute approximate surface area is 174 Å². The first-order chi connectivity index (χ1) is 13.9. The molecule has 0 bridgehead atoms. The summed E-state index contributed by atoms with van der Waals surface area (Å²) in [6.07, 6.45) is 0. The molecule has 0 aliphatic rings. The highest BCUT2D eigenvalue weighted by Crippen LogP contribution is 2.30. The zero-order valence-electron chi connectivity index (χ0n) is 16.0. The van der Waals surface area contributed by atoms with Gasteiger partial charge < -0.3 is 0 Å². The van der Waals surface area contributed by atoms with Crippen LogP contribution in [-0.4, -0.2) is 31.7 Å². The summed E-state index contributed by atoms with van der Waals surface area (Å²) >= 11 is 0. The Kier molecular flexibility index (Phi) is 5.66. The first kappa shape index (κ1) is 21.8. The van der Waals surface area contributed by atoms with E-state index in [9.17, 15) is 26.2 Å². The third-order valence-electron chi connectivity index (χ3n) is 4.62. The van der Waals surface area contributed by atoms with E-state index in [1.54, 1.807) is 19.1 Å². The van der Waals surface area contributed by atoms with E-state index in [4.69, 9.17) is 4.55 Å². The monoisotopic (exact) mass is 446 g/mol. The van der Waals surface area contributed by atoms with Crippen molar-refractivity contribution in [3.05, 3.63) is 82.9 Å². The van der Waals surface area contributed by atoms with Crippen molar-refractivity contribution in [3.63, 3.8) is 0 Å². The second kappa shape index (κ2) is 7.77. The van der Waals surface area contributed by atoms with Crippen LogP contribution in [0.3, 0.4) is 0 Å². The fourth-order valence-electron chi connectivity index (χ4n) is 3.06. The van der Waals surface area contributed by atoms with Gasteiger partial charge in [-0.05, 0) is 49.2 Å². The van der Waals surface area contributed by atoms with Crippen LogP contribution in [0.2, 0.25) is 0 Å². The summed E-state index contributed by atoms with van der Waals surface area (Å²) in [7, 11) is -9.11. The van der Waals surface area contributed by atoms with Crippen LogP contribution < -0.4 is 0 Å². The summed E-state index contributed by atoms with van der Waals surface area (Å²) in [5.74, 6) is -0.394. The van der Waals surface area contributed by atoms with Gasteiger partial charge in [0.2, 0.25) is 0 Å². The average Bonchev–Trinajstić information content (AvgIpc) is 2.67. The summed E-state index contributed by atoms with van der Waals surface area (Å²) < 4.78 is 65.2. The lowest BCUT2D eigenvalue weighted by Gasteiger charge is -2.11. The molecule has 9 heteroatoms. The van der Waals surface area contributed by atoms with Crippen LogP contribution in [0, 0.1) is 13.8 Å². The van der Waals surface area contributed by atoms with Gasteiger partial charge in [-0.25, -0.2) is 0 Å². The number of hydrogen-bond donors (Lipinski definition) is 2. The highest BCUT2D eigenvalue weighted by atomic mass is 32.2. The molecule has 0 saturated carbocycles. The Morgan fingerprint density at radius 3 is 1.97 bits per heavy atom. The lowest BCUT2D eigenvalue weighted by atomic mass is 9.95. The lowest BCUT2D eigenvalue weighted by Crippen LogP contribution is -2.08. The minimum atomic E-state index is -4.70. The predicted octanol–water partition coefficient (Wildman–Crippen LogP) is 3.69. The summed E-state index contributed by atoms with van der Waals surface area (Å²) in [4.78, 5) is 12.1. The van der Waals surface area contributed by atoms with Crippen LogP contribution in [0.25, 0.3) is 11.1 Å². The Balaban J connectivity index is 2.14. The molecule has 156 valence electrons. The molecule has 0 heterocycles. The molecular weight excluding hydrogens is 428 g/mol. The molecule has 0 aromatic heterocycles. The molecule has 0 saturated heterocycles. The molecule has 0 unspecified atom stereocenters. The fourth-order valence-corrected chi connectivity index (χ4v) is 4.28. The fraction of sp³-hybridized carbons (Fsp3) is 0.0952. The van der Waals surface area contributed by atoms with Gasteiger partial charge in [0.1, 0.15) is 4.90 Å². The number of benzene rings is 3. The van der Waals surface area contributed by atoms with Crippen LogP contribution in [0.15, 0.2) is 70.5 Å². The number of hydrogen-bond acceptors (Lipinski definition) is 5. The van der Waals surface area contributed by atoms with E-state index >= 15 is 0 Å². The van der Waals surface area contributed by atoms with Gasteiger partial charge in [-0.15, -0.1) is 0 Å². The highest BCUT2D eigenvalue weighted by Gasteiger charge is 2.21. The normalized spacial score (nSPS) is 12.0. The number of ketones is 1. The van der Waals surface area contributed by atoms with Crippen molar-refractivity contribution in [2.45, 2.75) is 23.6 Å². The predicted molar refractivity (Wildman–Crippen MR) is 111 cm³/mol. The minimum absolute atomic E-state index is 0.0784. The third kappa shape index (κ3) is 4.49. The molecular formula is C21H18O7S2. The highest BCUT2D eigenvalue weighted by molar-refractivity contribution is 7.86. The lowest BCUT2D eigenvalue weighted by molar-refractivity contribution is 0.103. The van der Waals surface area contributed by atoms with E-state index in [1.807, 2.05) is 13.0 Å². The van der Waals surface area contributed by atoms with Gasteiger partial charge in [-0.1, -0.05) is 42.0 Å². The van der Waals surface area contributed by atoms with Crippen LogP contribution in [0.1, 0.15) is 27.0 Å². The zero-order valence-corrected chi connectivity index (χ0v) is 17.7. The topological polar surface area (TPSA) is 126 Å². The second-order valence-corrected chi connectivity index (χ2v) is 9.64. The molecule has 0 spiro atoms. The van der Waals surface area contributed by atoms with Gasteiger partial charge in [0, 0.05) is 16.7 Å². The summed E-state index contributed by atoms with van der Waals surface area (Å²) in [5.41, 5.74) is 2.45. The van der Waals surface area contributed by atoms with Gasteiger partial charge in [0.25, 0.3) is 20.2 Å². The van der Waals surface area contributed by atoms with E-state index in [1.165, 1.54) is 24.3 Å². The Morgan fingerprint density at radius 2 is 1.40 bits per heavy atom. The van der Waals surface area contributed by atoms with Crippen molar-refractivity contribution >= 4 is 26.0 Å². The van der Waals surface area contributed by atoms with Crippen molar-refractivity contribution in [2.75, 3.05) is 0 Å². The van der Waals surface area contributed by atoms with Crippen molar-refractivity contribution in [1.82, 2.24) is 0 Å². The maximum atomic E-state index is 12.9. The molecule has 0 amide bonds. The molecule has 30 heavy (non-hydrogen) atoms. The first-order valence-corrected chi connectivity index (χ1v) is 11.6. The second-order valence-electron chi connectivity index (χ2n) is 6.83. The molecule has 0 atom stereocenters. The van der Waals surface area contributed by atoms with E-state index in [-0.39, 0.29) is 21.6 Å². The smallest absolute Gasteiger partial charge is 0.289 e. The maximum absolute atomic E-state index is 12.9. The van der Waals surface area contributed by atoms with Gasteiger partial charge in [-0.2, -0.15) is 16.8 Å². The van der Waals surface area contributed by atoms with Crippen molar-refractivity contribution in [1.29, 1.82) is 0 Å². The van der Waals surface area contributed by atoms with Gasteiger partial charge in [0.15, 0.2) is 5.78 Å². The van der Waals surface area contributed by atoms with E-state index in [0.29, 0.717) is 5.56 Å². The third-order valence-corrected chi connectivity index (χ3v) is 6.38. The van der Waals surface area contributed by atoms with Crippen molar-refractivity contribution in [2.24, 2.45) is 0 Å². The molecule has 3 aromatic rings. The van der Waals surface area contributed by atoms with Gasteiger partial charge >= 0.3 is 0 Å². The maximum Gasteiger partial charge on any atom is 0.295 e. The molecule has 0 fully saturated rings. The Bertz CT molecular complexity index is 1350. The van der Waals surface area contributed by atoms with Crippen LogP contribution in [0.5, 0.6) is 0 Å². The van der Waals surface area contributed by atoms with E-state index in [2.05, 4.69) is 0 Å². The molecule has 3 aromatic carbocycles.